The summed E-state index contributed by atoms with van der Waals surface area (Å²) in [4.78, 5) is 12.4. The van der Waals surface area contributed by atoms with Gasteiger partial charge >= 0.3 is 6.18 Å². The first-order valence-electron chi connectivity index (χ1n) is 9.21. The third-order valence-electron chi connectivity index (χ3n) is 5.02. The van der Waals surface area contributed by atoms with E-state index in [2.05, 4.69) is 15.7 Å². The standard InChI is InChI=1S/C19H22ClF3N4O2/c1-4-10(2)24-18(28)16-15(20)17-25-13(11-5-7-12(29-3)8-6-11)9-14(19(21,22)23)27(17)26-16/h5-8,10,13-14,25H,4,9H2,1-3H3,(H,24,28)/t10-,13-,14+/m1/s1. The zero-order valence-corrected chi connectivity index (χ0v) is 16.9. The molecule has 1 amide bonds. The molecule has 0 fully saturated rings. The van der Waals surface area contributed by atoms with Gasteiger partial charge < -0.3 is 15.4 Å². The molecule has 0 bridgehead atoms. The van der Waals surface area contributed by atoms with E-state index >= 15 is 0 Å². The fourth-order valence-corrected chi connectivity index (χ4v) is 3.45. The van der Waals surface area contributed by atoms with Gasteiger partial charge in [-0.25, -0.2) is 4.68 Å². The number of benzene rings is 1. The number of alkyl halides is 3. The van der Waals surface area contributed by atoms with E-state index in [1.165, 1.54) is 7.11 Å². The molecule has 6 nitrogen and oxygen atoms in total. The highest BCUT2D eigenvalue weighted by molar-refractivity contribution is 6.36. The highest BCUT2D eigenvalue weighted by Crippen LogP contribution is 2.46. The van der Waals surface area contributed by atoms with Crippen molar-refractivity contribution < 1.29 is 22.7 Å². The number of anilines is 1. The second kappa shape index (κ2) is 8.14. The average molecular weight is 431 g/mol. The molecule has 2 N–H and O–H groups in total. The van der Waals surface area contributed by atoms with Crippen molar-refractivity contribution in [2.45, 2.75) is 51.0 Å². The monoisotopic (exact) mass is 430 g/mol. The SMILES string of the molecule is CC[C@@H](C)NC(=O)c1nn2c(c1Cl)N[C@@H](c1ccc(OC)cc1)C[C@H]2C(F)(F)F. The van der Waals surface area contributed by atoms with Gasteiger partial charge in [0.2, 0.25) is 0 Å². The van der Waals surface area contributed by atoms with Crippen LogP contribution in [0.15, 0.2) is 24.3 Å². The fraction of sp³-hybridized carbons (Fsp3) is 0.474. The third-order valence-corrected chi connectivity index (χ3v) is 5.38. The van der Waals surface area contributed by atoms with Crippen molar-refractivity contribution >= 4 is 23.3 Å². The molecule has 10 heteroatoms. The Balaban J connectivity index is 1.99. The van der Waals surface area contributed by atoms with Crippen LogP contribution < -0.4 is 15.4 Å². The molecular weight excluding hydrogens is 409 g/mol. The summed E-state index contributed by atoms with van der Waals surface area (Å²) in [6.45, 7) is 3.67. The summed E-state index contributed by atoms with van der Waals surface area (Å²) in [6.07, 6.45) is -4.17. The summed E-state index contributed by atoms with van der Waals surface area (Å²) in [6, 6.07) is 4.03. The first-order valence-corrected chi connectivity index (χ1v) is 9.59. The Morgan fingerprint density at radius 2 is 2.07 bits per heavy atom. The molecule has 0 saturated heterocycles. The second-order valence-corrected chi connectivity index (χ2v) is 7.38. The molecule has 1 aliphatic rings. The second-order valence-electron chi connectivity index (χ2n) is 7.00. The van der Waals surface area contributed by atoms with Gasteiger partial charge in [0.15, 0.2) is 11.7 Å². The highest BCUT2D eigenvalue weighted by atomic mass is 35.5. The molecule has 1 aromatic heterocycles. The largest absolute Gasteiger partial charge is 0.497 e. The Kier molecular flexibility index (Phi) is 5.97. The van der Waals surface area contributed by atoms with E-state index in [1.807, 2.05) is 6.92 Å². The molecule has 0 saturated carbocycles. The van der Waals surface area contributed by atoms with E-state index in [-0.39, 0.29) is 29.0 Å². The third kappa shape index (κ3) is 4.29. The summed E-state index contributed by atoms with van der Waals surface area (Å²) in [7, 11) is 1.51. The van der Waals surface area contributed by atoms with E-state index in [9.17, 15) is 18.0 Å². The number of ether oxygens (including phenoxy) is 1. The lowest BCUT2D eigenvalue weighted by molar-refractivity contribution is -0.173. The van der Waals surface area contributed by atoms with Gasteiger partial charge in [-0.2, -0.15) is 18.3 Å². The van der Waals surface area contributed by atoms with E-state index in [1.54, 1.807) is 31.2 Å². The van der Waals surface area contributed by atoms with E-state index in [4.69, 9.17) is 16.3 Å². The molecule has 2 aromatic rings. The molecule has 2 heterocycles. The van der Waals surface area contributed by atoms with Crippen molar-refractivity contribution in [3.05, 3.63) is 40.5 Å². The number of methoxy groups -OCH3 is 1. The minimum absolute atomic E-state index is 0.0182. The molecule has 1 aromatic carbocycles. The maximum atomic E-state index is 13.8. The van der Waals surface area contributed by atoms with Gasteiger partial charge in [0.05, 0.1) is 13.2 Å². The van der Waals surface area contributed by atoms with E-state index < -0.39 is 24.2 Å². The van der Waals surface area contributed by atoms with Crippen LogP contribution in [0.1, 0.15) is 54.8 Å². The van der Waals surface area contributed by atoms with Gasteiger partial charge in [0.1, 0.15) is 16.6 Å². The summed E-state index contributed by atoms with van der Waals surface area (Å²) in [5.74, 6) is -0.0191. The molecule has 0 radical (unpaired) electrons. The Hall–Kier alpha value is -2.42. The van der Waals surface area contributed by atoms with Crippen molar-refractivity contribution in [1.82, 2.24) is 15.1 Å². The van der Waals surface area contributed by atoms with Gasteiger partial charge in [-0.15, -0.1) is 0 Å². The van der Waals surface area contributed by atoms with Crippen molar-refractivity contribution in [1.29, 1.82) is 0 Å². The average Bonchev–Trinajstić information content (AvgIpc) is 3.03. The van der Waals surface area contributed by atoms with Crippen molar-refractivity contribution in [3.63, 3.8) is 0 Å². The van der Waals surface area contributed by atoms with Crippen LogP contribution in [0.25, 0.3) is 0 Å². The first-order chi connectivity index (χ1) is 13.7. The zero-order chi connectivity index (χ0) is 21.3. The topological polar surface area (TPSA) is 68.2 Å². The number of halogens is 4. The van der Waals surface area contributed by atoms with Crippen molar-refractivity contribution in [2.75, 3.05) is 12.4 Å². The predicted molar refractivity (Wildman–Crippen MR) is 104 cm³/mol. The lowest BCUT2D eigenvalue weighted by atomic mass is 9.97. The minimum atomic E-state index is -4.55. The summed E-state index contributed by atoms with van der Waals surface area (Å²) < 4.78 is 47.2. The molecule has 0 aliphatic carbocycles. The molecule has 0 spiro atoms. The Bertz CT molecular complexity index is 883. The van der Waals surface area contributed by atoms with Crippen LogP contribution in [-0.2, 0) is 0 Å². The first kappa shape index (κ1) is 21.3. The molecule has 3 atom stereocenters. The number of aromatic nitrogens is 2. The molecule has 0 unspecified atom stereocenters. The number of nitrogens with zero attached hydrogens (tertiary/aromatic N) is 2. The van der Waals surface area contributed by atoms with Gasteiger partial charge in [-0.1, -0.05) is 30.7 Å². The summed E-state index contributed by atoms with van der Waals surface area (Å²) in [5.41, 5.74) is 0.424. The van der Waals surface area contributed by atoms with Crippen molar-refractivity contribution in [2.24, 2.45) is 0 Å². The minimum Gasteiger partial charge on any atom is -0.497 e. The van der Waals surface area contributed by atoms with Gasteiger partial charge in [-0.3, -0.25) is 4.79 Å². The van der Waals surface area contributed by atoms with E-state index in [0.29, 0.717) is 17.7 Å². The number of nitrogens with one attached hydrogen (secondary N) is 2. The Morgan fingerprint density at radius 1 is 1.41 bits per heavy atom. The molecular formula is C19H22ClF3N4O2. The van der Waals surface area contributed by atoms with Gasteiger partial charge in [0.25, 0.3) is 5.91 Å². The predicted octanol–water partition coefficient (Wildman–Crippen LogP) is 4.73. The number of carbonyl (C=O) groups is 1. The number of hydrogen-bond acceptors (Lipinski definition) is 4. The summed E-state index contributed by atoms with van der Waals surface area (Å²) >= 11 is 6.29. The van der Waals surface area contributed by atoms with Crippen LogP contribution in [0.2, 0.25) is 5.02 Å². The van der Waals surface area contributed by atoms with Crippen molar-refractivity contribution in [3.8, 4) is 5.75 Å². The van der Waals surface area contributed by atoms with Crippen LogP contribution in [0.5, 0.6) is 5.75 Å². The Morgan fingerprint density at radius 3 is 2.62 bits per heavy atom. The van der Waals surface area contributed by atoms with E-state index in [0.717, 1.165) is 4.68 Å². The summed E-state index contributed by atoms with van der Waals surface area (Å²) in [5, 5.41) is 9.48. The number of amides is 1. The molecule has 29 heavy (non-hydrogen) atoms. The maximum absolute atomic E-state index is 13.8. The lowest BCUT2D eigenvalue weighted by Gasteiger charge is -2.33. The fourth-order valence-electron chi connectivity index (χ4n) is 3.18. The Labute approximate surface area is 171 Å². The smallest absolute Gasteiger partial charge is 0.410 e. The zero-order valence-electron chi connectivity index (χ0n) is 16.2. The van der Waals surface area contributed by atoms with Crippen LogP contribution >= 0.6 is 11.6 Å². The molecule has 1 aliphatic heterocycles. The number of rotatable bonds is 5. The number of carbonyl (C=O) groups excluding carboxylic acids is 1. The lowest BCUT2D eigenvalue weighted by Crippen LogP contribution is -2.36. The quantitative estimate of drug-likeness (QED) is 0.719. The number of hydrogen-bond donors (Lipinski definition) is 2. The van der Waals surface area contributed by atoms with Crippen LogP contribution in [-0.4, -0.2) is 35.0 Å². The molecule has 3 rings (SSSR count). The number of fused-ring (bicyclic) bond motifs is 1. The van der Waals surface area contributed by atoms with Gasteiger partial charge in [0, 0.05) is 12.5 Å². The maximum Gasteiger partial charge on any atom is 0.410 e. The molecule has 158 valence electrons. The van der Waals surface area contributed by atoms with Crippen LogP contribution in [0, 0.1) is 0 Å². The normalized spacial score (nSPS) is 19.8. The highest BCUT2D eigenvalue weighted by Gasteiger charge is 2.47. The van der Waals surface area contributed by atoms with Crippen LogP contribution in [0.4, 0.5) is 19.0 Å². The van der Waals surface area contributed by atoms with Gasteiger partial charge in [-0.05, 0) is 31.0 Å². The van der Waals surface area contributed by atoms with Crippen LogP contribution in [0.3, 0.4) is 0 Å².